The molecule has 0 aromatic heterocycles. The van der Waals surface area contributed by atoms with Gasteiger partial charge in [-0.25, -0.2) is 0 Å². The van der Waals surface area contributed by atoms with E-state index in [4.69, 9.17) is 9.47 Å². The van der Waals surface area contributed by atoms with Crippen LogP contribution >= 0.6 is 0 Å². The Kier molecular flexibility index (Phi) is 6.72. The van der Waals surface area contributed by atoms with E-state index < -0.39 is 24.4 Å². The van der Waals surface area contributed by atoms with Gasteiger partial charge in [-0.15, -0.1) is 0 Å². The zero-order valence-electron chi connectivity index (χ0n) is 17.4. The van der Waals surface area contributed by atoms with E-state index in [-0.39, 0.29) is 18.9 Å². The van der Waals surface area contributed by atoms with Gasteiger partial charge in [0.1, 0.15) is 5.75 Å². The number of hydrogen-bond donors (Lipinski definition) is 1. The average molecular weight is 410 g/mol. The molecule has 1 saturated heterocycles. The zero-order chi connectivity index (χ0) is 21.7. The van der Waals surface area contributed by atoms with E-state index >= 15 is 0 Å². The smallest absolute Gasteiger partial charge is 0.311 e. The summed E-state index contributed by atoms with van der Waals surface area (Å²) in [6, 6.07) is 12.9. The maximum absolute atomic E-state index is 12.4. The summed E-state index contributed by atoms with van der Waals surface area (Å²) in [5.41, 5.74) is 3.39. The molecule has 7 heteroatoms. The molecule has 0 spiro atoms. The number of esters is 1. The van der Waals surface area contributed by atoms with Crippen LogP contribution in [0.2, 0.25) is 0 Å². The largest absolute Gasteiger partial charge is 0.492 e. The van der Waals surface area contributed by atoms with Crippen molar-refractivity contribution in [2.45, 2.75) is 27.2 Å². The molecule has 0 radical (unpaired) electrons. The molecule has 1 atom stereocenters. The first-order valence-electron chi connectivity index (χ1n) is 9.94. The van der Waals surface area contributed by atoms with Crippen molar-refractivity contribution < 1.29 is 23.9 Å². The van der Waals surface area contributed by atoms with Crippen LogP contribution in [0.5, 0.6) is 5.75 Å². The van der Waals surface area contributed by atoms with E-state index in [0.29, 0.717) is 18.0 Å². The maximum atomic E-state index is 12.4. The van der Waals surface area contributed by atoms with Gasteiger partial charge in [0.15, 0.2) is 6.61 Å². The molecule has 0 saturated carbocycles. The van der Waals surface area contributed by atoms with E-state index in [1.165, 1.54) is 0 Å². The Hall–Kier alpha value is -3.35. The highest BCUT2D eigenvalue weighted by Crippen LogP contribution is 2.28. The SMILES string of the molecule is CCOc1ccccc1NC(=O)COC(=O)C1CC(=O)N(c2cc(C)cc(C)c2)C1. The van der Waals surface area contributed by atoms with Crippen LogP contribution < -0.4 is 15.0 Å². The molecule has 1 unspecified atom stereocenters. The molecule has 1 aliphatic rings. The molecule has 2 aromatic rings. The Morgan fingerprint density at radius 2 is 1.83 bits per heavy atom. The Bertz CT molecular complexity index is 936. The monoisotopic (exact) mass is 410 g/mol. The second-order valence-corrected chi connectivity index (χ2v) is 7.34. The highest BCUT2D eigenvalue weighted by Gasteiger charge is 2.36. The van der Waals surface area contributed by atoms with Crippen LogP contribution in [-0.2, 0) is 19.1 Å². The van der Waals surface area contributed by atoms with Crippen LogP contribution in [0.1, 0.15) is 24.5 Å². The lowest BCUT2D eigenvalue weighted by atomic mass is 10.1. The molecule has 1 N–H and O–H groups in total. The van der Waals surface area contributed by atoms with Gasteiger partial charge < -0.3 is 19.7 Å². The molecule has 7 nitrogen and oxygen atoms in total. The van der Waals surface area contributed by atoms with Crippen LogP contribution in [0.4, 0.5) is 11.4 Å². The highest BCUT2D eigenvalue weighted by molar-refractivity contribution is 6.00. The molecule has 30 heavy (non-hydrogen) atoms. The van der Waals surface area contributed by atoms with Gasteiger partial charge in [0.2, 0.25) is 5.91 Å². The predicted octanol–water partition coefficient (Wildman–Crippen LogP) is 3.24. The number of carbonyl (C=O) groups is 3. The van der Waals surface area contributed by atoms with Gasteiger partial charge in [-0.05, 0) is 56.2 Å². The fourth-order valence-electron chi connectivity index (χ4n) is 3.51. The van der Waals surface area contributed by atoms with Crippen LogP contribution in [0.15, 0.2) is 42.5 Å². The third kappa shape index (κ3) is 5.17. The van der Waals surface area contributed by atoms with Gasteiger partial charge in [0.25, 0.3) is 5.91 Å². The fraction of sp³-hybridized carbons (Fsp3) is 0.348. The van der Waals surface area contributed by atoms with Gasteiger partial charge in [-0.2, -0.15) is 0 Å². The van der Waals surface area contributed by atoms with Crippen LogP contribution in [0.25, 0.3) is 0 Å². The Morgan fingerprint density at radius 1 is 1.13 bits per heavy atom. The number of nitrogens with one attached hydrogen (secondary N) is 1. The number of rotatable bonds is 7. The normalized spacial score (nSPS) is 15.8. The van der Waals surface area contributed by atoms with E-state index in [9.17, 15) is 14.4 Å². The second-order valence-electron chi connectivity index (χ2n) is 7.34. The standard InChI is InChI=1S/C23H26N2O5/c1-4-29-20-8-6-5-7-19(20)24-21(26)14-30-23(28)17-12-22(27)25(13-17)18-10-15(2)9-16(3)11-18/h5-11,17H,4,12-14H2,1-3H3,(H,24,26). The molecule has 2 amide bonds. The first-order chi connectivity index (χ1) is 14.4. The molecular weight excluding hydrogens is 384 g/mol. The molecule has 1 fully saturated rings. The van der Waals surface area contributed by atoms with E-state index in [0.717, 1.165) is 16.8 Å². The summed E-state index contributed by atoms with van der Waals surface area (Å²) in [4.78, 5) is 38.6. The zero-order valence-corrected chi connectivity index (χ0v) is 17.4. The van der Waals surface area contributed by atoms with Gasteiger partial charge >= 0.3 is 5.97 Å². The lowest BCUT2D eigenvalue weighted by Crippen LogP contribution is -2.28. The number of hydrogen-bond acceptors (Lipinski definition) is 5. The quantitative estimate of drug-likeness (QED) is 0.709. The summed E-state index contributed by atoms with van der Waals surface area (Å²) in [6.07, 6.45) is 0.0701. The summed E-state index contributed by atoms with van der Waals surface area (Å²) < 4.78 is 10.6. The highest BCUT2D eigenvalue weighted by atomic mass is 16.5. The number of anilines is 2. The molecule has 3 rings (SSSR count). The van der Waals surface area contributed by atoms with Gasteiger partial charge in [0, 0.05) is 18.7 Å². The fourth-order valence-corrected chi connectivity index (χ4v) is 3.51. The van der Waals surface area contributed by atoms with Crippen molar-refractivity contribution in [3.05, 3.63) is 53.6 Å². The third-order valence-electron chi connectivity index (χ3n) is 4.78. The van der Waals surface area contributed by atoms with Crippen LogP contribution in [-0.4, -0.2) is 37.5 Å². The summed E-state index contributed by atoms with van der Waals surface area (Å²) >= 11 is 0. The number of carbonyl (C=O) groups excluding carboxylic acids is 3. The molecule has 0 aliphatic carbocycles. The number of amides is 2. The predicted molar refractivity (Wildman–Crippen MR) is 114 cm³/mol. The van der Waals surface area contributed by atoms with Gasteiger partial charge in [0.05, 0.1) is 18.2 Å². The van der Waals surface area contributed by atoms with Crippen molar-refractivity contribution >= 4 is 29.2 Å². The van der Waals surface area contributed by atoms with Crippen molar-refractivity contribution in [2.24, 2.45) is 5.92 Å². The Labute approximate surface area is 176 Å². The topological polar surface area (TPSA) is 84.9 Å². The molecule has 158 valence electrons. The summed E-state index contributed by atoms with van der Waals surface area (Å²) in [7, 11) is 0. The van der Waals surface area contributed by atoms with E-state index in [1.54, 1.807) is 29.2 Å². The lowest BCUT2D eigenvalue weighted by molar-refractivity contribution is -0.151. The number of aryl methyl sites for hydroxylation is 2. The number of para-hydroxylation sites is 2. The molecular formula is C23H26N2O5. The summed E-state index contributed by atoms with van der Waals surface area (Å²) in [5.74, 6) is -1.20. The van der Waals surface area contributed by atoms with Crippen LogP contribution in [0.3, 0.4) is 0 Å². The maximum Gasteiger partial charge on any atom is 0.311 e. The lowest BCUT2D eigenvalue weighted by Gasteiger charge is -2.18. The summed E-state index contributed by atoms with van der Waals surface area (Å²) in [6.45, 7) is 6.07. The van der Waals surface area contributed by atoms with Crippen molar-refractivity contribution in [2.75, 3.05) is 30.0 Å². The minimum absolute atomic E-state index is 0.0701. The van der Waals surface area contributed by atoms with Crippen molar-refractivity contribution in [1.29, 1.82) is 0 Å². The minimum Gasteiger partial charge on any atom is -0.492 e. The molecule has 1 heterocycles. The number of benzene rings is 2. The first kappa shape index (κ1) is 21.4. The first-order valence-corrected chi connectivity index (χ1v) is 9.94. The minimum atomic E-state index is -0.596. The van der Waals surface area contributed by atoms with E-state index in [2.05, 4.69) is 5.32 Å². The molecule has 2 aromatic carbocycles. The Morgan fingerprint density at radius 3 is 2.53 bits per heavy atom. The number of nitrogens with zero attached hydrogens (tertiary/aromatic N) is 1. The van der Waals surface area contributed by atoms with Gasteiger partial charge in [-0.3, -0.25) is 14.4 Å². The molecule has 0 bridgehead atoms. The molecule has 1 aliphatic heterocycles. The average Bonchev–Trinajstić information content (AvgIpc) is 3.09. The third-order valence-corrected chi connectivity index (χ3v) is 4.78. The van der Waals surface area contributed by atoms with Crippen LogP contribution in [0, 0.1) is 19.8 Å². The van der Waals surface area contributed by atoms with E-state index in [1.807, 2.05) is 39.0 Å². The Balaban J connectivity index is 1.55. The van der Waals surface area contributed by atoms with Crippen molar-refractivity contribution in [1.82, 2.24) is 0 Å². The number of ether oxygens (including phenoxy) is 2. The second kappa shape index (κ2) is 9.43. The van der Waals surface area contributed by atoms with Crippen molar-refractivity contribution in [3.8, 4) is 5.75 Å². The summed E-state index contributed by atoms with van der Waals surface area (Å²) in [5, 5.41) is 2.68. The van der Waals surface area contributed by atoms with Crippen molar-refractivity contribution in [3.63, 3.8) is 0 Å². The van der Waals surface area contributed by atoms with Gasteiger partial charge in [-0.1, -0.05) is 18.2 Å².